The lowest BCUT2D eigenvalue weighted by Crippen LogP contribution is -2.09. The van der Waals surface area contributed by atoms with Crippen molar-refractivity contribution in [1.82, 2.24) is 14.6 Å². The van der Waals surface area contributed by atoms with Gasteiger partial charge in [-0.05, 0) is 25.5 Å². The van der Waals surface area contributed by atoms with Gasteiger partial charge in [0, 0.05) is 5.69 Å². The maximum absolute atomic E-state index is 12.6. The van der Waals surface area contributed by atoms with Gasteiger partial charge in [-0.25, -0.2) is 14.3 Å². The zero-order valence-electron chi connectivity index (χ0n) is 10.4. The first-order valence-electron chi connectivity index (χ1n) is 5.28. The van der Waals surface area contributed by atoms with Gasteiger partial charge >= 0.3 is 12.1 Å². The summed E-state index contributed by atoms with van der Waals surface area (Å²) in [6.07, 6.45) is -4.67. The van der Waals surface area contributed by atoms with Gasteiger partial charge in [-0.1, -0.05) is 0 Å². The van der Waals surface area contributed by atoms with Gasteiger partial charge in [0.05, 0.1) is 7.11 Å². The summed E-state index contributed by atoms with van der Waals surface area (Å²) in [5.41, 5.74) is 0.758. The van der Waals surface area contributed by atoms with Gasteiger partial charge < -0.3 is 4.74 Å². The first-order valence-corrected chi connectivity index (χ1v) is 5.28. The molecule has 2 heterocycles. The van der Waals surface area contributed by atoms with E-state index in [4.69, 9.17) is 0 Å². The third-order valence-electron chi connectivity index (χ3n) is 2.63. The molecule has 0 amide bonds. The average molecular weight is 273 g/mol. The number of rotatable bonds is 1. The summed E-state index contributed by atoms with van der Waals surface area (Å²) in [4.78, 5) is 15.0. The number of aryl methyl sites for hydroxylation is 2. The number of hydrogen-bond donors (Lipinski definition) is 0. The molecular weight excluding hydrogens is 263 g/mol. The third-order valence-corrected chi connectivity index (χ3v) is 2.63. The van der Waals surface area contributed by atoms with Gasteiger partial charge in [0.25, 0.3) is 5.82 Å². The van der Waals surface area contributed by atoms with E-state index in [2.05, 4.69) is 14.8 Å². The second-order valence-corrected chi connectivity index (χ2v) is 4.00. The molecule has 0 fully saturated rings. The van der Waals surface area contributed by atoms with Crippen LogP contribution in [0.2, 0.25) is 0 Å². The zero-order chi connectivity index (χ0) is 14.4. The molecule has 0 saturated carbocycles. The van der Waals surface area contributed by atoms with E-state index in [1.807, 2.05) is 0 Å². The third kappa shape index (κ3) is 2.13. The summed E-state index contributed by atoms with van der Waals surface area (Å²) in [5.74, 6) is -2.03. The summed E-state index contributed by atoms with van der Waals surface area (Å²) in [7, 11) is 1.15. The fourth-order valence-corrected chi connectivity index (χ4v) is 1.82. The highest BCUT2D eigenvalue weighted by Gasteiger charge is 2.37. The van der Waals surface area contributed by atoms with Crippen molar-refractivity contribution in [2.45, 2.75) is 20.0 Å². The minimum Gasteiger partial charge on any atom is -0.465 e. The predicted molar refractivity (Wildman–Crippen MR) is 58.8 cm³/mol. The Labute approximate surface area is 106 Å². The molecule has 0 aliphatic carbocycles. The minimum atomic E-state index is -4.67. The normalized spacial score (nSPS) is 11.9. The number of fused-ring (bicyclic) bond motifs is 1. The van der Waals surface area contributed by atoms with E-state index in [1.54, 1.807) is 19.9 Å². The molecular formula is C11H10F3N3O2. The van der Waals surface area contributed by atoms with E-state index >= 15 is 0 Å². The van der Waals surface area contributed by atoms with Crippen LogP contribution in [-0.2, 0) is 10.9 Å². The monoisotopic (exact) mass is 273 g/mol. The van der Waals surface area contributed by atoms with Gasteiger partial charge in [0.2, 0.25) is 0 Å². The molecule has 2 aromatic heterocycles. The summed E-state index contributed by atoms with van der Waals surface area (Å²) in [5, 5.41) is 3.37. The number of carbonyl (C=O) groups excluding carboxylic acids is 1. The predicted octanol–water partition coefficient (Wildman–Crippen LogP) is 2.15. The molecule has 19 heavy (non-hydrogen) atoms. The number of halogens is 3. The van der Waals surface area contributed by atoms with Gasteiger partial charge in [-0.3, -0.25) is 0 Å². The van der Waals surface area contributed by atoms with Crippen LogP contribution >= 0.6 is 0 Å². The highest BCUT2D eigenvalue weighted by Crippen LogP contribution is 2.28. The number of hydrogen-bond acceptors (Lipinski definition) is 4. The van der Waals surface area contributed by atoms with Crippen LogP contribution in [0, 0.1) is 13.8 Å². The van der Waals surface area contributed by atoms with Crippen LogP contribution in [0.5, 0.6) is 0 Å². The number of methoxy groups -OCH3 is 1. The molecule has 0 aromatic carbocycles. The van der Waals surface area contributed by atoms with Crippen LogP contribution in [0.1, 0.15) is 27.4 Å². The summed E-state index contributed by atoms with van der Waals surface area (Å²) in [6, 6.07) is 1.55. The second kappa shape index (κ2) is 4.22. The number of ether oxygens (including phenoxy) is 1. The van der Waals surface area contributed by atoms with Gasteiger partial charge in [0.15, 0.2) is 5.65 Å². The Bertz CT molecular complexity index is 661. The standard InChI is InChI=1S/C11H10F3N3O2/c1-5-4-6(2)17-8(7(5)9(18)19-3)15-10(16-17)11(12,13)14/h4H,1-3H3. The van der Waals surface area contributed by atoms with Crippen LogP contribution in [0.4, 0.5) is 13.2 Å². The van der Waals surface area contributed by atoms with Crippen molar-refractivity contribution >= 4 is 11.6 Å². The summed E-state index contributed by atoms with van der Waals surface area (Å²) < 4.78 is 43.4. The Balaban J connectivity index is 2.82. The van der Waals surface area contributed by atoms with Crippen molar-refractivity contribution in [3.63, 3.8) is 0 Å². The van der Waals surface area contributed by atoms with Crippen LogP contribution in [0.15, 0.2) is 6.07 Å². The summed E-state index contributed by atoms with van der Waals surface area (Å²) in [6.45, 7) is 3.18. The van der Waals surface area contributed by atoms with Crippen molar-refractivity contribution in [2.75, 3.05) is 7.11 Å². The number of aromatic nitrogens is 3. The molecule has 5 nitrogen and oxygen atoms in total. The number of pyridine rings is 1. The zero-order valence-corrected chi connectivity index (χ0v) is 10.4. The van der Waals surface area contributed by atoms with Crippen molar-refractivity contribution in [3.05, 3.63) is 28.7 Å². The highest BCUT2D eigenvalue weighted by atomic mass is 19.4. The second-order valence-electron chi connectivity index (χ2n) is 4.00. The van der Waals surface area contributed by atoms with E-state index in [0.717, 1.165) is 11.6 Å². The van der Waals surface area contributed by atoms with Gasteiger partial charge in [0.1, 0.15) is 5.56 Å². The average Bonchev–Trinajstić information content (AvgIpc) is 2.73. The Morgan fingerprint density at radius 1 is 1.37 bits per heavy atom. The largest absolute Gasteiger partial charge is 0.465 e. The maximum atomic E-state index is 12.6. The lowest BCUT2D eigenvalue weighted by atomic mass is 10.1. The van der Waals surface area contributed by atoms with Crippen LogP contribution in [0.25, 0.3) is 5.65 Å². The van der Waals surface area contributed by atoms with E-state index < -0.39 is 18.0 Å². The van der Waals surface area contributed by atoms with E-state index in [1.165, 1.54) is 0 Å². The fraction of sp³-hybridized carbons (Fsp3) is 0.364. The van der Waals surface area contributed by atoms with Crippen molar-refractivity contribution in [1.29, 1.82) is 0 Å². The quantitative estimate of drug-likeness (QED) is 0.747. The number of esters is 1. The minimum absolute atomic E-state index is 0.0175. The van der Waals surface area contributed by atoms with E-state index in [0.29, 0.717) is 11.3 Å². The Kier molecular flexibility index (Phi) is 2.95. The Hall–Kier alpha value is -2.12. The van der Waals surface area contributed by atoms with Crippen LogP contribution < -0.4 is 0 Å². The molecule has 8 heteroatoms. The molecule has 0 radical (unpaired) electrons. The van der Waals surface area contributed by atoms with Gasteiger partial charge in [-0.15, -0.1) is 5.10 Å². The number of nitrogens with zero attached hydrogens (tertiary/aromatic N) is 3. The SMILES string of the molecule is COC(=O)c1c(C)cc(C)n2nc(C(F)(F)F)nc12. The first-order chi connectivity index (χ1) is 8.75. The Morgan fingerprint density at radius 2 is 2.00 bits per heavy atom. The molecule has 0 atom stereocenters. The van der Waals surface area contributed by atoms with E-state index in [9.17, 15) is 18.0 Å². The number of alkyl halides is 3. The molecule has 0 N–H and O–H groups in total. The molecule has 0 aliphatic heterocycles. The van der Waals surface area contributed by atoms with Crippen molar-refractivity contribution < 1.29 is 22.7 Å². The molecule has 0 saturated heterocycles. The Morgan fingerprint density at radius 3 is 2.53 bits per heavy atom. The molecule has 0 unspecified atom stereocenters. The maximum Gasteiger partial charge on any atom is 0.453 e. The highest BCUT2D eigenvalue weighted by molar-refractivity contribution is 5.97. The smallest absolute Gasteiger partial charge is 0.453 e. The van der Waals surface area contributed by atoms with Crippen molar-refractivity contribution in [3.8, 4) is 0 Å². The topological polar surface area (TPSA) is 56.5 Å². The van der Waals surface area contributed by atoms with Crippen LogP contribution in [-0.4, -0.2) is 27.7 Å². The first kappa shape index (κ1) is 13.3. The molecule has 2 aromatic rings. The molecule has 0 spiro atoms. The molecule has 0 aliphatic rings. The molecule has 0 bridgehead atoms. The lowest BCUT2D eigenvalue weighted by Gasteiger charge is -2.06. The fourth-order valence-electron chi connectivity index (χ4n) is 1.82. The number of carbonyl (C=O) groups is 1. The van der Waals surface area contributed by atoms with Crippen molar-refractivity contribution in [2.24, 2.45) is 0 Å². The summed E-state index contributed by atoms with van der Waals surface area (Å²) >= 11 is 0. The van der Waals surface area contributed by atoms with Gasteiger partial charge in [-0.2, -0.15) is 13.2 Å². The lowest BCUT2D eigenvalue weighted by molar-refractivity contribution is -0.144. The molecule has 102 valence electrons. The van der Waals surface area contributed by atoms with Crippen LogP contribution in [0.3, 0.4) is 0 Å². The van der Waals surface area contributed by atoms with E-state index in [-0.39, 0.29) is 11.2 Å². The molecule has 2 rings (SSSR count).